The molecule has 5 nitrogen and oxygen atoms in total. The third-order valence-corrected chi connectivity index (χ3v) is 2.88. The van der Waals surface area contributed by atoms with Crippen molar-refractivity contribution in [2.45, 2.75) is 32.2 Å². The number of aliphatic hydroxyl groups excluding tert-OH is 1. The van der Waals surface area contributed by atoms with E-state index < -0.39 is 0 Å². The molecule has 0 aliphatic heterocycles. The van der Waals surface area contributed by atoms with Crippen molar-refractivity contribution in [2.75, 3.05) is 13.2 Å². The average molecular weight is 278 g/mol. The number of aliphatic hydroxyl groups is 1. The maximum absolute atomic E-state index is 11.8. The van der Waals surface area contributed by atoms with Crippen molar-refractivity contribution in [1.82, 2.24) is 10.6 Å². The fourth-order valence-corrected chi connectivity index (χ4v) is 1.88. The van der Waals surface area contributed by atoms with Gasteiger partial charge in [0.2, 0.25) is 11.8 Å². The Balaban J connectivity index is 2.49. The topological polar surface area (TPSA) is 78.4 Å². The number of amides is 2. The average Bonchev–Trinajstić information content (AvgIpc) is 2.46. The number of hydrogen-bond donors (Lipinski definition) is 3. The summed E-state index contributed by atoms with van der Waals surface area (Å²) in [5.41, 5.74) is 0.940. The molecule has 5 heteroatoms. The van der Waals surface area contributed by atoms with Crippen LogP contribution in [0.15, 0.2) is 30.3 Å². The van der Waals surface area contributed by atoms with Gasteiger partial charge in [-0.15, -0.1) is 0 Å². The Morgan fingerprint density at radius 3 is 2.50 bits per heavy atom. The normalized spacial score (nSPS) is 11.7. The standard InChI is InChI=1S/C15H22N2O3/c1-2-6-14(19)16-11-15(20)17-13(9-10-18)12-7-4-3-5-8-12/h3-5,7-8,13,18H,2,6,9-11H2,1H3,(H,16,19)(H,17,20). The van der Waals surface area contributed by atoms with Crippen LogP contribution in [0.4, 0.5) is 0 Å². The fourth-order valence-electron chi connectivity index (χ4n) is 1.88. The van der Waals surface area contributed by atoms with Crippen molar-refractivity contribution in [3.05, 3.63) is 35.9 Å². The molecule has 1 atom stereocenters. The molecular weight excluding hydrogens is 256 g/mol. The number of carbonyl (C=O) groups excluding carboxylic acids is 2. The first-order valence-electron chi connectivity index (χ1n) is 6.89. The van der Waals surface area contributed by atoms with Crippen LogP contribution in [0.2, 0.25) is 0 Å². The van der Waals surface area contributed by atoms with E-state index in [2.05, 4.69) is 10.6 Å². The maximum Gasteiger partial charge on any atom is 0.239 e. The molecule has 20 heavy (non-hydrogen) atoms. The van der Waals surface area contributed by atoms with E-state index in [0.29, 0.717) is 12.8 Å². The van der Waals surface area contributed by atoms with Gasteiger partial charge >= 0.3 is 0 Å². The number of hydrogen-bond acceptors (Lipinski definition) is 3. The molecular formula is C15H22N2O3. The van der Waals surface area contributed by atoms with E-state index in [9.17, 15) is 9.59 Å². The van der Waals surface area contributed by atoms with Crippen molar-refractivity contribution in [3.63, 3.8) is 0 Å². The molecule has 0 radical (unpaired) electrons. The number of carbonyl (C=O) groups is 2. The molecule has 0 spiro atoms. The van der Waals surface area contributed by atoms with Crippen molar-refractivity contribution < 1.29 is 14.7 Å². The zero-order chi connectivity index (χ0) is 14.8. The fraction of sp³-hybridized carbons (Fsp3) is 0.467. The highest BCUT2D eigenvalue weighted by atomic mass is 16.3. The van der Waals surface area contributed by atoms with Crippen LogP contribution < -0.4 is 10.6 Å². The second-order valence-electron chi connectivity index (χ2n) is 4.57. The summed E-state index contributed by atoms with van der Waals surface area (Å²) in [4.78, 5) is 23.1. The molecule has 0 fully saturated rings. The van der Waals surface area contributed by atoms with Gasteiger partial charge in [-0.05, 0) is 18.4 Å². The molecule has 0 saturated carbocycles. The molecule has 0 aliphatic rings. The van der Waals surface area contributed by atoms with Gasteiger partial charge in [0.05, 0.1) is 12.6 Å². The van der Waals surface area contributed by atoms with Crippen LogP contribution in [-0.2, 0) is 9.59 Å². The third kappa shape index (κ3) is 5.84. The minimum atomic E-state index is -0.253. The number of rotatable bonds is 8. The van der Waals surface area contributed by atoms with Crippen LogP contribution in [0.5, 0.6) is 0 Å². The highest BCUT2D eigenvalue weighted by Crippen LogP contribution is 2.15. The molecule has 1 unspecified atom stereocenters. The molecule has 110 valence electrons. The summed E-state index contributed by atoms with van der Waals surface area (Å²) in [6.45, 7) is 1.86. The lowest BCUT2D eigenvalue weighted by Crippen LogP contribution is -2.38. The summed E-state index contributed by atoms with van der Waals surface area (Å²) in [6.07, 6.45) is 1.62. The zero-order valence-corrected chi connectivity index (χ0v) is 11.8. The van der Waals surface area contributed by atoms with Gasteiger partial charge in [-0.2, -0.15) is 0 Å². The first-order valence-corrected chi connectivity index (χ1v) is 6.89. The van der Waals surface area contributed by atoms with E-state index >= 15 is 0 Å². The molecule has 1 rings (SSSR count). The second kappa shape index (κ2) is 9.09. The molecule has 1 aromatic carbocycles. The van der Waals surface area contributed by atoms with E-state index in [-0.39, 0.29) is 31.0 Å². The first kappa shape index (κ1) is 16.2. The smallest absolute Gasteiger partial charge is 0.239 e. The zero-order valence-electron chi connectivity index (χ0n) is 11.8. The predicted molar refractivity (Wildman–Crippen MR) is 76.9 cm³/mol. The number of nitrogens with one attached hydrogen (secondary N) is 2. The van der Waals surface area contributed by atoms with Crippen molar-refractivity contribution in [2.24, 2.45) is 0 Å². The van der Waals surface area contributed by atoms with Crippen LogP contribution in [0.1, 0.15) is 37.8 Å². The van der Waals surface area contributed by atoms with Gasteiger partial charge in [0.15, 0.2) is 0 Å². The van der Waals surface area contributed by atoms with Gasteiger partial charge in [0, 0.05) is 13.0 Å². The van der Waals surface area contributed by atoms with E-state index in [1.807, 2.05) is 37.3 Å². The highest BCUT2D eigenvalue weighted by molar-refractivity contribution is 5.84. The molecule has 0 aromatic heterocycles. The summed E-state index contributed by atoms with van der Waals surface area (Å²) >= 11 is 0. The molecule has 0 saturated heterocycles. The summed E-state index contributed by atoms with van der Waals surface area (Å²) < 4.78 is 0. The Bertz CT molecular complexity index is 420. The predicted octanol–water partition coefficient (Wildman–Crippen LogP) is 1.14. The SMILES string of the molecule is CCCC(=O)NCC(=O)NC(CCO)c1ccccc1. The Hall–Kier alpha value is -1.88. The molecule has 3 N–H and O–H groups in total. The summed E-state index contributed by atoms with van der Waals surface area (Å²) in [5, 5.41) is 14.5. The Kier molecular flexibility index (Phi) is 7.35. The molecule has 2 amide bonds. The second-order valence-corrected chi connectivity index (χ2v) is 4.57. The van der Waals surface area contributed by atoms with Crippen molar-refractivity contribution >= 4 is 11.8 Å². The van der Waals surface area contributed by atoms with Crippen molar-refractivity contribution in [1.29, 1.82) is 0 Å². The van der Waals surface area contributed by atoms with Crippen molar-refractivity contribution in [3.8, 4) is 0 Å². The third-order valence-electron chi connectivity index (χ3n) is 2.88. The van der Waals surface area contributed by atoms with E-state index in [1.165, 1.54) is 0 Å². The van der Waals surface area contributed by atoms with Gasteiger partial charge in [-0.1, -0.05) is 37.3 Å². The van der Waals surface area contributed by atoms with Gasteiger partial charge in [-0.3, -0.25) is 9.59 Å². The van der Waals surface area contributed by atoms with Crippen LogP contribution in [0.3, 0.4) is 0 Å². The summed E-state index contributed by atoms with van der Waals surface area (Å²) in [6, 6.07) is 9.22. The van der Waals surface area contributed by atoms with Crippen LogP contribution in [-0.4, -0.2) is 30.1 Å². The van der Waals surface area contributed by atoms with Crippen LogP contribution in [0.25, 0.3) is 0 Å². The first-order chi connectivity index (χ1) is 9.67. The van der Waals surface area contributed by atoms with Crippen LogP contribution in [0, 0.1) is 0 Å². The molecule has 1 aromatic rings. The molecule has 0 aliphatic carbocycles. The maximum atomic E-state index is 11.8. The molecule has 0 heterocycles. The van der Waals surface area contributed by atoms with E-state index in [0.717, 1.165) is 12.0 Å². The number of benzene rings is 1. The largest absolute Gasteiger partial charge is 0.396 e. The Morgan fingerprint density at radius 1 is 1.20 bits per heavy atom. The highest BCUT2D eigenvalue weighted by Gasteiger charge is 2.14. The lowest BCUT2D eigenvalue weighted by Gasteiger charge is -2.18. The van der Waals surface area contributed by atoms with Gasteiger partial charge in [-0.25, -0.2) is 0 Å². The van der Waals surface area contributed by atoms with E-state index in [1.54, 1.807) is 0 Å². The van der Waals surface area contributed by atoms with E-state index in [4.69, 9.17) is 5.11 Å². The minimum absolute atomic E-state index is 0.0119. The summed E-state index contributed by atoms with van der Waals surface area (Å²) in [5.74, 6) is -0.377. The quantitative estimate of drug-likeness (QED) is 0.667. The Labute approximate surface area is 119 Å². The lowest BCUT2D eigenvalue weighted by molar-refractivity contribution is -0.126. The Morgan fingerprint density at radius 2 is 1.90 bits per heavy atom. The lowest BCUT2D eigenvalue weighted by atomic mass is 10.0. The van der Waals surface area contributed by atoms with Gasteiger partial charge in [0.1, 0.15) is 0 Å². The minimum Gasteiger partial charge on any atom is -0.396 e. The van der Waals surface area contributed by atoms with Gasteiger partial charge in [0.25, 0.3) is 0 Å². The summed E-state index contributed by atoms with van der Waals surface area (Å²) in [7, 11) is 0. The van der Waals surface area contributed by atoms with Gasteiger partial charge < -0.3 is 15.7 Å². The molecule has 0 bridgehead atoms. The van der Waals surface area contributed by atoms with Crippen LogP contribution >= 0.6 is 0 Å². The monoisotopic (exact) mass is 278 g/mol.